The van der Waals surface area contributed by atoms with Crippen molar-refractivity contribution in [3.05, 3.63) is 35.4 Å². The van der Waals surface area contributed by atoms with Gasteiger partial charge in [-0.1, -0.05) is 38.1 Å². The lowest BCUT2D eigenvalue weighted by Crippen LogP contribution is -2.56. The number of fused-ring (bicyclic) bond motifs is 2. The average Bonchev–Trinajstić information content (AvgIpc) is 2.84. The zero-order chi connectivity index (χ0) is 19.2. The van der Waals surface area contributed by atoms with Crippen LogP contribution in [0, 0.1) is 5.41 Å². The molecule has 0 bridgehead atoms. The van der Waals surface area contributed by atoms with Gasteiger partial charge in [-0.3, -0.25) is 9.59 Å². The molecule has 3 N–H and O–H groups in total. The van der Waals surface area contributed by atoms with Gasteiger partial charge in [0.25, 0.3) is 0 Å². The molecular formula is C21H29N3O3. The summed E-state index contributed by atoms with van der Waals surface area (Å²) in [6.07, 6.45) is 3.79. The van der Waals surface area contributed by atoms with E-state index >= 15 is 0 Å². The molecule has 0 radical (unpaired) electrons. The topological polar surface area (TPSA) is 84.7 Å². The molecule has 6 heteroatoms. The quantitative estimate of drug-likeness (QED) is 0.831. The van der Waals surface area contributed by atoms with Crippen molar-refractivity contribution in [2.24, 2.45) is 11.1 Å². The lowest BCUT2D eigenvalue weighted by atomic mass is 9.82. The summed E-state index contributed by atoms with van der Waals surface area (Å²) >= 11 is 0. The monoisotopic (exact) mass is 371 g/mol. The number of aryl methyl sites for hydroxylation is 1. The van der Waals surface area contributed by atoms with E-state index in [1.807, 2.05) is 26.0 Å². The van der Waals surface area contributed by atoms with E-state index in [4.69, 9.17) is 10.5 Å². The fourth-order valence-corrected chi connectivity index (χ4v) is 4.89. The highest BCUT2D eigenvalue weighted by Crippen LogP contribution is 2.42. The lowest BCUT2D eigenvalue weighted by Gasteiger charge is -2.35. The van der Waals surface area contributed by atoms with Gasteiger partial charge in [-0.15, -0.1) is 0 Å². The molecule has 0 aromatic heterocycles. The molecule has 4 rings (SSSR count). The number of rotatable bonds is 2. The van der Waals surface area contributed by atoms with Gasteiger partial charge < -0.3 is 20.7 Å². The Morgan fingerprint density at radius 2 is 2.07 bits per heavy atom. The standard InChI is InChI=1S/C21H29N3O3/c1-21(2)12-17-24(20(26)15(22)10-11-27-17)18(21)19(25)23-16-9-5-7-13-6-3-4-8-14(13)16/h3-4,6,8,15-18H,5,7,9-12,22H2,1-2H3,(H,23,25)/t15-,16+,17-,18?/m0/s1. The first-order valence-corrected chi connectivity index (χ1v) is 9.96. The van der Waals surface area contributed by atoms with E-state index in [0.717, 1.165) is 19.3 Å². The Hall–Kier alpha value is -1.92. The summed E-state index contributed by atoms with van der Waals surface area (Å²) in [7, 11) is 0. The number of amides is 2. The van der Waals surface area contributed by atoms with Crippen LogP contribution in [-0.2, 0) is 20.7 Å². The maximum Gasteiger partial charge on any atom is 0.243 e. The molecule has 1 aliphatic carbocycles. The van der Waals surface area contributed by atoms with Gasteiger partial charge in [-0.05, 0) is 48.6 Å². The largest absolute Gasteiger partial charge is 0.358 e. The second kappa shape index (κ2) is 6.91. The van der Waals surface area contributed by atoms with Crippen molar-refractivity contribution >= 4 is 11.8 Å². The molecule has 2 aliphatic heterocycles. The predicted octanol–water partition coefficient (Wildman–Crippen LogP) is 1.88. The van der Waals surface area contributed by atoms with Crippen molar-refractivity contribution in [2.75, 3.05) is 6.61 Å². The number of benzene rings is 1. The van der Waals surface area contributed by atoms with Crippen LogP contribution in [0.3, 0.4) is 0 Å². The third-order valence-electron chi connectivity index (χ3n) is 6.27. The van der Waals surface area contributed by atoms with Gasteiger partial charge in [0.15, 0.2) is 0 Å². The molecule has 2 heterocycles. The minimum absolute atomic E-state index is 0.00558. The minimum atomic E-state index is -0.602. The molecule has 1 aromatic rings. The molecule has 2 fully saturated rings. The van der Waals surface area contributed by atoms with Crippen LogP contribution in [0.4, 0.5) is 0 Å². The van der Waals surface area contributed by atoms with Crippen molar-refractivity contribution in [3.63, 3.8) is 0 Å². The summed E-state index contributed by atoms with van der Waals surface area (Å²) in [5.41, 5.74) is 8.16. The Kier molecular flexibility index (Phi) is 4.72. The molecule has 27 heavy (non-hydrogen) atoms. The number of hydrogen-bond acceptors (Lipinski definition) is 4. The van der Waals surface area contributed by atoms with E-state index in [-0.39, 0.29) is 29.5 Å². The Labute approximate surface area is 160 Å². The normalized spacial score (nSPS) is 32.4. The second-order valence-corrected chi connectivity index (χ2v) is 8.71. The van der Waals surface area contributed by atoms with Crippen LogP contribution in [0.25, 0.3) is 0 Å². The average molecular weight is 371 g/mol. The van der Waals surface area contributed by atoms with Crippen LogP contribution in [0.5, 0.6) is 0 Å². The predicted molar refractivity (Wildman–Crippen MR) is 102 cm³/mol. The van der Waals surface area contributed by atoms with Gasteiger partial charge in [-0.25, -0.2) is 0 Å². The van der Waals surface area contributed by atoms with E-state index < -0.39 is 12.1 Å². The summed E-state index contributed by atoms with van der Waals surface area (Å²) in [6, 6.07) is 7.12. The Bertz CT molecular complexity index is 748. The molecule has 4 atom stereocenters. The summed E-state index contributed by atoms with van der Waals surface area (Å²) in [6.45, 7) is 4.51. The van der Waals surface area contributed by atoms with Crippen molar-refractivity contribution in [1.29, 1.82) is 0 Å². The van der Waals surface area contributed by atoms with Crippen LogP contribution < -0.4 is 11.1 Å². The third-order valence-corrected chi connectivity index (χ3v) is 6.27. The Morgan fingerprint density at radius 3 is 2.89 bits per heavy atom. The van der Waals surface area contributed by atoms with Crippen LogP contribution >= 0.6 is 0 Å². The highest BCUT2D eigenvalue weighted by atomic mass is 16.5. The van der Waals surface area contributed by atoms with E-state index in [1.165, 1.54) is 11.1 Å². The highest BCUT2D eigenvalue weighted by molar-refractivity contribution is 5.91. The summed E-state index contributed by atoms with van der Waals surface area (Å²) in [4.78, 5) is 27.8. The molecule has 146 valence electrons. The number of nitrogens with one attached hydrogen (secondary N) is 1. The van der Waals surface area contributed by atoms with Crippen LogP contribution in [-0.4, -0.2) is 41.6 Å². The molecular weight excluding hydrogens is 342 g/mol. The fourth-order valence-electron chi connectivity index (χ4n) is 4.89. The van der Waals surface area contributed by atoms with Crippen LogP contribution in [0.2, 0.25) is 0 Å². The van der Waals surface area contributed by atoms with Gasteiger partial charge >= 0.3 is 0 Å². The zero-order valence-electron chi connectivity index (χ0n) is 16.1. The molecule has 2 saturated heterocycles. The number of ether oxygens (including phenoxy) is 1. The zero-order valence-corrected chi connectivity index (χ0v) is 16.1. The van der Waals surface area contributed by atoms with Gasteiger partial charge in [0.1, 0.15) is 12.3 Å². The van der Waals surface area contributed by atoms with Crippen LogP contribution in [0.1, 0.15) is 56.7 Å². The number of hydrogen-bond donors (Lipinski definition) is 2. The Morgan fingerprint density at radius 1 is 1.30 bits per heavy atom. The summed E-state index contributed by atoms with van der Waals surface area (Å²) in [5.74, 6) is -0.275. The number of nitrogens with zero attached hydrogens (tertiary/aromatic N) is 1. The van der Waals surface area contributed by atoms with Gasteiger partial charge in [0.2, 0.25) is 11.8 Å². The molecule has 3 aliphatic rings. The third kappa shape index (κ3) is 3.25. The number of nitrogens with two attached hydrogens (primary N) is 1. The van der Waals surface area contributed by atoms with E-state index in [2.05, 4.69) is 17.4 Å². The van der Waals surface area contributed by atoms with Gasteiger partial charge in [0, 0.05) is 0 Å². The minimum Gasteiger partial charge on any atom is -0.358 e. The lowest BCUT2D eigenvalue weighted by molar-refractivity contribution is -0.149. The first-order chi connectivity index (χ1) is 12.9. The molecule has 2 amide bonds. The maximum atomic E-state index is 13.4. The molecule has 0 saturated carbocycles. The first-order valence-electron chi connectivity index (χ1n) is 9.96. The molecule has 1 aromatic carbocycles. The summed E-state index contributed by atoms with van der Waals surface area (Å²) in [5, 5.41) is 3.23. The van der Waals surface area contributed by atoms with Crippen molar-refractivity contribution < 1.29 is 14.3 Å². The van der Waals surface area contributed by atoms with Gasteiger partial charge in [0.05, 0.1) is 18.7 Å². The number of carbonyl (C=O) groups is 2. The van der Waals surface area contributed by atoms with E-state index in [0.29, 0.717) is 19.4 Å². The molecule has 1 unspecified atom stereocenters. The van der Waals surface area contributed by atoms with E-state index in [1.54, 1.807) is 4.90 Å². The molecule has 0 spiro atoms. The van der Waals surface area contributed by atoms with Crippen molar-refractivity contribution in [3.8, 4) is 0 Å². The van der Waals surface area contributed by atoms with Crippen LogP contribution in [0.15, 0.2) is 24.3 Å². The Balaban J connectivity index is 1.59. The van der Waals surface area contributed by atoms with Gasteiger partial charge in [-0.2, -0.15) is 0 Å². The maximum absolute atomic E-state index is 13.4. The van der Waals surface area contributed by atoms with E-state index in [9.17, 15) is 9.59 Å². The smallest absolute Gasteiger partial charge is 0.243 e. The second-order valence-electron chi connectivity index (χ2n) is 8.71. The first kappa shape index (κ1) is 18.4. The summed E-state index contributed by atoms with van der Waals surface area (Å²) < 4.78 is 5.88. The van der Waals surface area contributed by atoms with Crippen molar-refractivity contribution in [1.82, 2.24) is 10.2 Å². The highest BCUT2D eigenvalue weighted by Gasteiger charge is 2.54. The number of carbonyl (C=O) groups excluding carboxylic acids is 2. The van der Waals surface area contributed by atoms with Crippen molar-refractivity contribution in [2.45, 2.75) is 70.3 Å². The SMILES string of the molecule is CC1(C)C[C@@H]2OCC[C@H](N)C(=O)N2C1C(=O)N[C@@H]1CCCc2ccccc21. The fraction of sp³-hybridized carbons (Fsp3) is 0.619. The molecule has 6 nitrogen and oxygen atoms in total.